The van der Waals surface area contributed by atoms with Crippen LogP contribution in [0.25, 0.3) is 10.9 Å². The number of benzene rings is 1. The Kier molecular flexibility index (Phi) is 1.50. The summed E-state index contributed by atoms with van der Waals surface area (Å²) in [5.41, 5.74) is 1.98. The van der Waals surface area contributed by atoms with Crippen molar-refractivity contribution in [3.63, 3.8) is 0 Å². The van der Waals surface area contributed by atoms with Gasteiger partial charge in [0.05, 0.1) is 5.52 Å². The summed E-state index contributed by atoms with van der Waals surface area (Å²) in [5, 5.41) is 1.05. The fraction of sp³-hybridized carbons (Fsp3) is 0.0909. The van der Waals surface area contributed by atoms with Gasteiger partial charge in [-0.2, -0.15) is 0 Å². The number of hydrogen-bond donors (Lipinski definition) is 0. The van der Waals surface area contributed by atoms with E-state index in [4.69, 9.17) is 4.74 Å². The van der Waals surface area contributed by atoms with Crippen LogP contribution in [-0.4, -0.2) is 17.9 Å². The first-order valence-corrected chi connectivity index (χ1v) is 4.45. The molecule has 68 valence electrons. The number of aromatic nitrogens is 1. The lowest BCUT2D eigenvalue weighted by atomic mass is 10.1. The van der Waals surface area contributed by atoms with Crippen LogP contribution in [0.4, 0.5) is 0 Å². The molecule has 0 saturated carbocycles. The molecule has 0 saturated heterocycles. The number of pyridine rings is 1. The van der Waals surface area contributed by atoms with Crippen LogP contribution in [0.1, 0.15) is 5.56 Å². The van der Waals surface area contributed by atoms with Gasteiger partial charge in [0.25, 0.3) is 0 Å². The van der Waals surface area contributed by atoms with Gasteiger partial charge in [-0.3, -0.25) is 9.98 Å². The third-order valence-corrected chi connectivity index (χ3v) is 2.28. The molecular formula is C11H8N2O. The molecule has 0 bridgehead atoms. The standard InChI is InChI=1S/C11H8N2O/c1-2-9-10(13-5-1)4-3-8-6-12-7-14-11(8)9/h1-6H,7H2. The molecule has 2 heterocycles. The van der Waals surface area contributed by atoms with Crippen molar-refractivity contribution < 1.29 is 4.74 Å². The molecule has 3 rings (SSSR count). The highest BCUT2D eigenvalue weighted by molar-refractivity contribution is 5.96. The van der Waals surface area contributed by atoms with Crippen molar-refractivity contribution in [3.05, 3.63) is 36.0 Å². The van der Waals surface area contributed by atoms with Crippen molar-refractivity contribution in [2.24, 2.45) is 4.99 Å². The Hall–Kier alpha value is -1.90. The van der Waals surface area contributed by atoms with Crippen LogP contribution >= 0.6 is 0 Å². The van der Waals surface area contributed by atoms with Crippen molar-refractivity contribution in [2.45, 2.75) is 0 Å². The Balaban J connectivity index is 2.41. The zero-order valence-corrected chi connectivity index (χ0v) is 7.47. The molecule has 0 N–H and O–H groups in total. The molecule has 1 aromatic carbocycles. The average Bonchev–Trinajstić information content (AvgIpc) is 2.29. The second kappa shape index (κ2) is 2.80. The fourth-order valence-electron chi connectivity index (χ4n) is 1.64. The van der Waals surface area contributed by atoms with Crippen molar-refractivity contribution in [1.82, 2.24) is 4.98 Å². The molecule has 0 atom stereocenters. The van der Waals surface area contributed by atoms with Crippen LogP contribution in [0.5, 0.6) is 5.75 Å². The number of nitrogens with zero attached hydrogens (tertiary/aromatic N) is 2. The normalized spacial score (nSPS) is 13.7. The van der Waals surface area contributed by atoms with Crippen molar-refractivity contribution in [3.8, 4) is 5.75 Å². The Morgan fingerprint density at radius 2 is 2.21 bits per heavy atom. The van der Waals surface area contributed by atoms with E-state index in [9.17, 15) is 0 Å². The van der Waals surface area contributed by atoms with Crippen molar-refractivity contribution in [1.29, 1.82) is 0 Å². The van der Waals surface area contributed by atoms with Crippen molar-refractivity contribution >= 4 is 17.1 Å². The Bertz CT molecular complexity index is 520. The lowest BCUT2D eigenvalue weighted by Gasteiger charge is -2.13. The predicted molar refractivity (Wildman–Crippen MR) is 54.8 cm³/mol. The van der Waals surface area contributed by atoms with Gasteiger partial charge < -0.3 is 4.74 Å². The molecule has 0 unspecified atom stereocenters. The minimum absolute atomic E-state index is 0.404. The molecule has 1 aliphatic rings. The number of aliphatic imine (C=N–C) groups is 1. The quantitative estimate of drug-likeness (QED) is 0.627. The number of ether oxygens (including phenoxy) is 1. The van der Waals surface area contributed by atoms with Crippen LogP contribution in [0.2, 0.25) is 0 Å². The third-order valence-electron chi connectivity index (χ3n) is 2.28. The Labute approximate surface area is 81.1 Å². The predicted octanol–water partition coefficient (Wildman–Crippen LogP) is 2.00. The van der Waals surface area contributed by atoms with E-state index < -0.39 is 0 Å². The van der Waals surface area contributed by atoms with Crippen LogP contribution in [0, 0.1) is 0 Å². The largest absolute Gasteiger partial charge is 0.470 e. The summed E-state index contributed by atoms with van der Waals surface area (Å²) in [7, 11) is 0. The molecule has 0 amide bonds. The van der Waals surface area contributed by atoms with Gasteiger partial charge in [0.2, 0.25) is 0 Å². The maximum absolute atomic E-state index is 5.50. The van der Waals surface area contributed by atoms with E-state index in [1.807, 2.05) is 30.5 Å². The first kappa shape index (κ1) is 7.50. The molecule has 0 radical (unpaired) electrons. The summed E-state index contributed by atoms with van der Waals surface area (Å²) < 4.78 is 5.50. The second-order valence-corrected chi connectivity index (χ2v) is 3.14. The maximum Gasteiger partial charge on any atom is 0.179 e. The van der Waals surface area contributed by atoms with Crippen LogP contribution in [0.15, 0.2) is 35.5 Å². The van der Waals surface area contributed by atoms with Crippen LogP contribution < -0.4 is 4.74 Å². The molecule has 0 fully saturated rings. The molecule has 0 spiro atoms. The lowest BCUT2D eigenvalue weighted by Crippen LogP contribution is -2.04. The van der Waals surface area contributed by atoms with Gasteiger partial charge in [0, 0.05) is 23.4 Å². The smallest absolute Gasteiger partial charge is 0.179 e. The van der Waals surface area contributed by atoms with E-state index in [2.05, 4.69) is 9.98 Å². The van der Waals surface area contributed by atoms with E-state index >= 15 is 0 Å². The Morgan fingerprint density at radius 3 is 3.21 bits per heavy atom. The van der Waals surface area contributed by atoms with Gasteiger partial charge in [-0.25, -0.2) is 0 Å². The van der Waals surface area contributed by atoms with Crippen LogP contribution in [-0.2, 0) is 0 Å². The summed E-state index contributed by atoms with van der Waals surface area (Å²) in [6.45, 7) is 0.404. The zero-order valence-electron chi connectivity index (χ0n) is 7.47. The molecule has 1 aliphatic heterocycles. The minimum atomic E-state index is 0.404. The lowest BCUT2D eigenvalue weighted by molar-refractivity contribution is 0.330. The highest BCUT2D eigenvalue weighted by atomic mass is 16.5. The topological polar surface area (TPSA) is 34.5 Å². The van der Waals surface area contributed by atoms with Gasteiger partial charge in [0.15, 0.2) is 6.73 Å². The van der Waals surface area contributed by atoms with Gasteiger partial charge in [0.1, 0.15) is 5.75 Å². The van der Waals surface area contributed by atoms with Gasteiger partial charge in [-0.05, 0) is 24.3 Å². The molecule has 0 aliphatic carbocycles. The number of fused-ring (bicyclic) bond motifs is 3. The molecule has 1 aromatic heterocycles. The highest BCUT2D eigenvalue weighted by Crippen LogP contribution is 2.29. The highest BCUT2D eigenvalue weighted by Gasteiger charge is 2.10. The second-order valence-electron chi connectivity index (χ2n) is 3.14. The zero-order chi connectivity index (χ0) is 9.38. The van der Waals surface area contributed by atoms with Gasteiger partial charge in [-0.15, -0.1) is 0 Å². The SMILES string of the molecule is C1=NCOc2c1ccc1ncccc21. The summed E-state index contributed by atoms with van der Waals surface area (Å²) in [6.07, 6.45) is 3.62. The third kappa shape index (κ3) is 0.988. The molecule has 3 nitrogen and oxygen atoms in total. The van der Waals surface area contributed by atoms with E-state index in [1.165, 1.54) is 0 Å². The van der Waals surface area contributed by atoms with Crippen LogP contribution in [0.3, 0.4) is 0 Å². The monoisotopic (exact) mass is 184 g/mol. The molecule has 2 aromatic rings. The summed E-state index contributed by atoms with van der Waals surface area (Å²) in [5.74, 6) is 0.894. The molecule has 14 heavy (non-hydrogen) atoms. The summed E-state index contributed by atoms with van der Waals surface area (Å²) in [6, 6.07) is 7.89. The molecule has 3 heteroatoms. The first-order valence-electron chi connectivity index (χ1n) is 4.45. The average molecular weight is 184 g/mol. The first-order chi connectivity index (χ1) is 6.95. The fourth-order valence-corrected chi connectivity index (χ4v) is 1.64. The minimum Gasteiger partial charge on any atom is -0.470 e. The van der Waals surface area contributed by atoms with Gasteiger partial charge >= 0.3 is 0 Å². The van der Waals surface area contributed by atoms with E-state index in [0.29, 0.717) is 6.73 Å². The maximum atomic E-state index is 5.50. The van der Waals surface area contributed by atoms with E-state index in [0.717, 1.165) is 22.2 Å². The van der Waals surface area contributed by atoms with Crippen molar-refractivity contribution in [2.75, 3.05) is 6.73 Å². The number of rotatable bonds is 0. The number of hydrogen-bond acceptors (Lipinski definition) is 3. The van der Waals surface area contributed by atoms with Gasteiger partial charge in [-0.1, -0.05) is 0 Å². The summed E-state index contributed by atoms with van der Waals surface area (Å²) in [4.78, 5) is 8.32. The Morgan fingerprint density at radius 1 is 1.21 bits per heavy atom. The van der Waals surface area contributed by atoms with E-state index in [-0.39, 0.29) is 0 Å². The summed E-state index contributed by atoms with van der Waals surface area (Å²) >= 11 is 0. The van der Waals surface area contributed by atoms with E-state index in [1.54, 1.807) is 6.20 Å². The molecular weight excluding hydrogens is 176 g/mol.